The zero-order chi connectivity index (χ0) is 18.8. The first-order valence-electron chi connectivity index (χ1n) is 9.06. The van der Waals surface area contributed by atoms with E-state index in [1.807, 2.05) is 12.1 Å². The fourth-order valence-corrected chi connectivity index (χ4v) is 2.48. The number of phenolic OH excluding ortho intramolecular Hbond substituents is 1. The number of unbranched alkanes of at least 4 members (excludes halogenated alkanes) is 1. The van der Waals surface area contributed by atoms with Crippen molar-refractivity contribution in [2.75, 3.05) is 13.7 Å². The van der Waals surface area contributed by atoms with Crippen LogP contribution in [0, 0.1) is 6.92 Å². The Morgan fingerprint density at radius 2 is 1.88 bits per heavy atom. The number of guanidine groups is 1. The lowest BCUT2D eigenvalue weighted by Gasteiger charge is -2.14. The Morgan fingerprint density at radius 1 is 1.12 bits per heavy atom. The molecule has 0 radical (unpaired) electrons. The van der Waals surface area contributed by atoms with Crippen LogP contribution in [0.5, 0.6) is 11.5 Å². The van der Waals surface area contributed by atoms with E-state index in [9.17, 15) is 5.11 Å². The normalized spacial score (nSPS) is 11.3. The summed E-state index contributed by atoms with van der Waals surface area (Å²) in [6, 6.07) is 13.8. The van der Waals surface area contributed by atoms with Crippen molar-refractivity contribution in [1.82, 2.24) is 10.6 Å². The average molecular weight is 355 g/mol. The third-order valence-electron chi connectivity index (χ3n) is 4.11. The smallest absolute Gasteiger partial charge is 0.191 e. The van der Waals surface area contributed by atoms with Crippen molar-refractivity contribution in [3.8, 4) is 11.5 Å². The van der Waals surface area contributed by atoms with E-state index < -0.39 is 0 Å². The minimum atomic E-state index is 0.161. The second kappa shape index (κ2) is 10.3. The zero-order valence-corrected chi connectivity index (χ0v) is 15.9. The minimum absolute atomic E-state index is 0.161. The van der Waals surface area contributed by atoms with Gasteiger partial charge in [0.05, 0.1) is 13.7 Å². The lowest BCUT2D eigenvalue weighted by Crippen LogP contribution is -2.37. The van der Waals surface area contributed by atoms with Crippen LogP contribution in [0.15, 0.2) is 47.5 Å². The standard InChI is InChI=1S/C21H29N3O2/c1-4-5-13-22-21(23-14-17-11-9-16(2)10-12-17)24-15-18-7-6-8-19(26-3)20(18)25/h6-12,25H,4-5,13-15H2,1-3H3,(H2,22,23,24). The summed E-state index contributed by atoms with van der Waals surface area (Å²) in [5.74, 6) is 1.37. The Hall–Kier alpha value is -2.69. The summed E-state index contributed by atoms with van der Waals surface area (Å²) >= 11 is 0. The molecular formula is C21H29N3O2. The summed E-state index contributed by atoms with van der Waals surface area (Å²) in [4.78, 5) is 4.66. The third-order valence-corrected chi connectivity index (χ3v) is 4.11. The van der Waals surface area contributed by atoms with Crippen LogP contribution in [-0.4, -0.2) is 24.7 Å². The first-order chi connectivity index (χ1) is 12.6. The van der Waals surface area contributed by atoms with Crippen molar-refractivity contribution in [2.24, 2.45) is 4.99 Å². The van der Waals surface area contributed by atoms with Gasteiger partial charge in [0.25, 0.3) is 0 Å². The van der Waals surface area contributed by atoms with Crippen molar-refractivity contribution < 1.29 is 9.84 Å². The molecule has 0 aliphatic rings. The number of hydrogen-bond donors (Lipinski definition) is 3. The van der Waals surface area contributed by atoms with Gasteiger partial charge in [-0.2, -0.15) is 0 Å². The van der Waals surface area contributed by atoms with Crippen molar-refractivity contribution in [2.45, 2.75) is 39.8 Å². The summed E-state index contributed by atoms with van der Waals surface area (Å²) < 4.78 is 5.16. The van der Waals surface area contributed by atoms with Crippen LogP contribution in [0.2, 0.25) is 0 Å². The molecular weight excluding hydrogens is 326 g/mol. The van der Waals surface area contributed by atoms with E-state index in [4.69, 9.17) is 4.74 Å². The number of benzene rings is 2. The van der Waals surface area contributed by atoms with Gasteiger partial charge in [-0.15, -0.1) is 0 Å². The highest BCUT2D eigenvalue weighted by atomic mass is 16.5. The Balaban J connectivity index is 2.04. The van der Waals surface area contributed by atoms with E-state index in [2.05, 4.69) is 53.7 Å². The minimum Gasteiger partial charge on any atom is -0.504 e. The predicted molar refractivity (Wildman–Crippen MR) is 107 cm³/mol. The topological polar surface area (TPSA) is 65.9 Å². The van der Waals surface area contributed by atoms with Gasteiger partial charge in [-0.3, -0.25) is 0 Å². The number of para-hydroxylation sites is 1. The zero-order valence-electron chi connectivity index (χ0n) is 15.9. The molecule has 0 heterocycles. The fraction of sp³-hybridized carbons (Fsp3) is 0.381. The second-order valence-electron chi connectivity index (χ2n) is 6.25. The van der Waals surface area contributed by atoms with Crippen LogP contribution in [0.1, 0.15) is 36.5 Å². The molecule has 2 rings (SSSR count). The highest BCUT2D eigenvalue weighted by Crippen LogP contribution is 2.29. The molecule has 0 amide bonds. The number of phenols is 1. The SMILES string of the molecule is CCCCNC(=NCc1ccc(C)cc1)NCc1cccc(OC)c1O. The van der Waals surface area contributed by atoms with Crippen molar-refractivity contribution in [3.63, 3.8) is 0 Å². The molecule has 0 aromatic heterocycles. The van der Waals surface area contributed by atoms with Gasteiger partial charge in [0.1, 0.15) is 0 Å². The van der Waals surface area contributed by atoms with Crippen molar-refractivity contribution >= 4 is 5.96 Å². The molecule has 2 aromatic rings. The summed E-state index contributed by atoms with van der Waals surface area (Å²) in [6.45, 7) is 6.17. The number of aryl methyl sites for hydroxylation is 1. The highest BCUT2D eigenvalue weighted by molar-refractivity contribution is 5.79. The molecule has 3 N–H and O–H groups in total. The second-order valence-corrected chi connectivity index (χ2v) is 6.25. The molecule has 0 aliphatic carbocycles. The molecule has 0 aliphatic heterocycles. The van der Waals surface area contributed by atoms with Crippen LogP contribution in [-0.2, 0) is 13.1 Å². The van der Waals surface area contributed by atoms with E-state index >= 15 is 0 Å². The summed E-state index contributed by atoms with van der Waals surface area (Å²) in [6.07, 6.45) is 2.20. The first kappa shape index (κ1) is 19.6. The summed E-state index contributed by atoms with van der Waals surface area (Å²) in [7, 11) is 1.55. The molecule has 140 valence electrons. The lowest BCUT2D eigenvalue weighted by atomic mass is 10.1. The molecule has 5 heteroatoms. The molecule has 0 unspecified atom stereocenters. The fourth-order valence-electron chi connectivity index (χ4n) is 2.48. The molecule has 0 spiro atoms. The van der Waals surface area contributed by atoms with Crippen molar-refractivity contribution in [3.05, 3.63) is 59.2 Å². The van der Waals surface area contributed by atoms with Crippen molar-refractivity contribution in [1.29, 1.82) is 0 Å². The van der Waals surface area contributed by atoms with Crippen LogP contribution in [0.25, 0.3) is 0 Å². The molecule has 0 atom stereocenters. The number of methoxy groups -OCH3 is 1. The van der Waals surface area contributed by atoms with Gasteiger partial charge < -0.3 is 20.5 Å². The van der Waals surface area contributed by atoms with Gasteiger partial charge in [-0.1, -0.05) is 55.3 Å². The van der Waals surface area contributed by atoms with Gasteiger partial charge in [0, 0.05) is 18.7 Å². The van der Waals surface area contributed by atoms with E-state index in [-0.39, 0.29) is 5.75 Å². The maximum atomic E-state index is 10.2. The molecule has 2 aromatic carbocycles. The molecule has 26 heavy (non-hydrogen) atoms. The Bertz CT molecular complexity index is 712. The van der Waals surface area contributed by atoms with Crippen LogP contribution in [0.4, 0.5) is 0 Å². The predicted octanol–water partition coefficient (Wildman–Crippen LogP) is 3.74. The molecule has 5 nitrogen and oxygen atoms in total. The van der Waals surface area contributed by atoms with E-state index in [1.54, 1.807) is 13.2 Å². The molecule has 0 fully saturated rings. The molecule has 0 saturated carbocycles. The maximum Gasteiger partial charge on any atom is 0.191 e. The maximum absolute atomic E-state index is 10.2. The Labute approximate surface area is 156 Å². The number of hydrogen-bond acceptors (Lipinski definition) is 3. The highest BCUT2D eigenvalue weighted by Gasteiger charge is 2.08. The van der Waals surface area contributed by atoms with E-state index in [0.29, 0.717) is 18.8 Å². The number of aromatic hydroxyl groups is 1. The van der Waals surface area contributed by atoms with E-state index in [0.717, 1.165) is 36.5 Å². The van der Waals surface area contributed by atoms with Crippen LogP contribution in [0.3, 0.4) is 0 Å². The Kier molecular flexibility index (Phi) is 7.80. The summed E-state index contributed by atoms with van der Waals surface area (Å²) in [5, 5.41) is 16.9. The summed E-state index contributed by atoms with van der Waals surface area (Å²) in [5.41, 5.74) is 3.17. The number of rotatable bonds is 8. The van der Waals surface area contributed by atoms with Gasteiger partial charge in [-0.05, 0) is 25.0 Å². The average Bonchev–Trinajstić information content (AvgIpc) is 2.66. The number of nitrogens with one attached hydrogen (secondary N) is 2. The van der Waals surface area contributed by atoms with Crippen LogP contribution >= 0.6 is 0 Å². The monoisotopic (exact) mass is 355 g/mol. The largest absolute Gasteiger partial charge is 0.504 e. The van der Waals surface area contributed by atoms with Gasteiger partial charge in [0.2, 0.25) is 0 Å². The number of ether oxygens (including phenoxy) is 1. The number of nitrogens with zero attached hydrogens (tertiary/aromatic N) is 1. The quantitative estimate of drug-likeness (QED) is 0.383. The molecule has 0 bridgehead atoms. The third kappa shape index (κ3) is 5.99. The Morgan fingerprint density at radius 3 is 2.58 bits per heavy atom. The lowest BCUT2D eigenvalue weighted by molar-refractivity contribution is 0.370. The number of aliphatic imine (C=N–C) groups is 1. The molecule has 0 saturated heterocycles. The van der Waals surface area contributed by atoms with Gasteiger partial charge in [0.15, 0.2) is 17.5 Å². The van der Waals surface area contributed by atoms with Crippen LogP contribution < -0.4 is 15.4 Å². The first-order valence-corrected chi connectivity index (χ1v) is 9.06. The van der Waals surface area contributed by atoms with Gasteiger partial charge in [-0.25, -0.2) is 4.99 Å². The van der Waals surface area contributed by atoms with Gasteiger partial charge >= 0.3 is 0 Å². The van der Waals surface area contributed by atoms with E-state index in [1.165, 1.54) is 5.56 Å².